The van der Waals surface area contributed by atoms with Crippen molar-refractivity contribution in [3.63, 3.8) is 0 Å². The summed E-state index contributed by atoms with van der Waals surface area (Å²) in [4.78, 5) is 23.6. The van der Waals surface area contributed by atoms with Crippen molar-refractivity contribution in [3.05, 3.63) is 59.7 Å². The second kappa shape index (κ2) is 19.7. The van der Waals surface area contributed by atoms with Crippen molar-refractivity contribution >= 4 is 23.7 Å². The van der Waals surface area contributed by atoms with Crippen molar-refractivity contribution in [3.8, 4) is 11.5 Å². The van der Waals surface area contributed by atoms with Crippen molar-refractivity contribution in [2.75, 3.05) is 11.5 Å². The molecule has 39 heavy (non-hydrogen) atoms. The first-order valence-electron chi connectivity index (χ1n) is 15.1. The van der Waals surface area contributed by atoms with Crippen LogP contribution in [0.2, 0.25) is 0 Å². The van der Waals surface area contributed by atoms with Crippen molar-refractivity contribution in [2.24, 2.45) is 0 Å². The molecule has 0 radical (unpaired) electrons. The number of hydrogen-bond donors (Lipinski definition) is 0. The minimum absolute atomic E-state index is 0.276. The highest BCUT2D eigenvalue weighted by atomic mass is 32.2. The molecule has 0 aliphatic heterocycles. The van der Waals surface area contributed by atoms with Crippen LogP contribution in [0, 0.1) is 0 Å². The zero-order valence-electron chi connectivity index (χ0n) is 24.7. The number of carbonyl (C=O) groups excluding carboxylic acids is 2. The van der Waals surface area contributed by atoms with E-state index in [1.807, 2.05) is 48.2 Å². The van der Waals surface area contributed by atoms with Crippen LogP contribution in [0.25, 0.3) is 0 Å². The summed E-state index contributed by atoms with van der Waals surface area (Å²) < 4.78 is 11.2. The van der Waals surface area contributed by atoms with Crippen LogP contribution in [0.3, 0.4) is 0 Å². The molecular weight excluding hydrogens is 504 g/mol. The van der Waals surface area contributed by atoms with Gasteiger partial charge in [0.25, 0.3) is 0 Å². The predicted molar refractivity (Wildman–Crippen MR) is 165 cm³/mol. The van der Waals surface area contributed by atoms with Crippen LogP contribution in [0.4, 0.5) is 0 Å². The van der Waals surface area contributed by atoms with Crippen LogP contribution >= 0.6 is 11.8 Å². The lowest BCUT2D eigenvalue weighted by Gasteiger charge is -2.23. The fourth-order valence-corrected chi connectivity index (χ4v) is 6.53. The third-order valence-electron chi connectivity index (χ3n) is 7.18. The van der Waals surface area contributed by atoms with Gasteiger partial charge in [0.2, 0.25) is 0 Å². The molecule has 0 amide bonds. The van der Waals surface area contributed by atoms with Crippen LogP contribution in [0.15, 0.2) is 48.5 Å². The van der Waals surface area contributed by atoms with Crippen LogP contribution in [0.5, 0.6) is 11.5 Å². The molecule has 2 aromatic rings. The number of para-hydroxylation sites is 2. The Morgan fingerprint density at radius 3 is 1.38 bits per heavy atom. The Kier molecular flexibility index (Phi) is 16.7. The standard InChI is InChI=1S/C34H50O4S/c1-5-7-9-11-13-19-29(31-21-15-17-23-33(31)37-27(3)35)25-39-26-30(20-14-12-10-8-6-2)32-22-16-18-24-34(32)38-28(4)36/h15-18,21-24,29-30H,5-14,19-20,25-26H2,1-4H3. The number of benzene rings is 2. The summed E-state index contributed by atoms with van der Waals surface area (Å²) in [6.07, 6.45) is 14.6. The lowest BCUT2D eigenvalue weighted by molar-refractivity contribution is -0.132. The molecule has 216 valence electrons. The van der Waals surface area contributed by atoms with Gasteiger partial charge in [-0.2, -0.15) is 11.8 Å². The molecule has 0 heterocycles. The highest BCUT2D eigenvalue weighted by molar-refractivity contribution is 7.99. The monoisotopic (exact) mass is 554 g/mol. The van der Waals surface area contributed by atoms with Gasteiger partial charge in [0.15, 0.2) is 0 Å². The molecule has 0 spiro atoms. The van der Waals surface area contributed by atoms with Gasteiger partial charge in [-0.25, -0.2) is 0 Å². The molecule has 0 fully saturated rings. The Bertz CT molecular complexity index is 896. The molecule has 2 rings (SSSR count). The highest BCUT2D eigenvalue weighted by Gasteiger charge is 2.21. The first kappa shape index (κ1) is 32.9. The Hall–Kier alpha value is -2.27. The van der Waals surface area contributed by atoms with E-state index in [0.29, 0.717) is 23.3 Å². The minimum atomic E-state index is -0.276. The van der Waals surface area contributed by atoms with Gasteiger partial charge in [-0.15, -0.1) is 0 Å². The second-order valence-corrected chi connectivity index (χ2v) is 11.7. The lowest BCUT2D eigenvalue weighted by Crippen LogP contribution is -2.11. The van der Waals surface area contributed by atoms with E-state index in [4.69, 9.17) is 9.47 Å². The molecule has 5 heteroatoms. The molecule has 0 saturated heterocycles. The number of rotatable bonds is 20. The zero-order valence-corrected chi connectivity index (χ0v) is 25.5. The van der Waals surface area contributed by atoms with Crippen LogP contribution in [0.1, 0.15) is 128 Å². The summed E-state index contributed by atoms with van der Waals surface area (Å²) in [6.45, 7) is 7.43. The average Bonchev–Trinajstić information content (AvgIpc) is 2.91. The average molecular weight is 555 g/mol. The fraction of sp³-hybridized carbons (Fsp3) is 0.588. The number of esters is 2. The molecule has 4 nitrogen and oxygen atoms in total. The molecule has 0 saturated carbocycles. The van der Waals surface area contributed by atoms with Gasteiger partial charge in [-0.1, -0.05) is 114 Å². The molecule has 2 unspecified atom stereocenters. The summed E-state index contributed by atoms with van der Waals surface area (Å²) in [6, 6.07) is 16.0. The van der Waals surface area contributed by atoms with Crippen LogP contribution in [-0.4, -0.2) is 23.4 Å². The van der Waals surface area contributed by atoms with Crippen LogP contribution in [-0.2, 0) is 9.59 Å². The lowest BCUT2D eigenvalue weighted by atomic mass is 9.93. The minimum Gasteiger partial charge on any atom is -0.426 e. The van der Waals surface area contributed by atoms with E-state index in [1.54, 1.807) is 0 Å². The van der Waals surface area contributed by atoms with Gasteiger partial charge in [0, 0.05) is 25.4 Å². The Morgan fingerprint density at radius 1 is 0.615 bits per heavy atom. The number of hydrogen-bond acceptors (Lipinski definition) is 5. The molecule has 0 aliphatic carbocycles. The van der Waals surface area contributed by atoms with Gasteiger partial charge in [0.05, 0.1) is 0 Å². The van der Waals surface area contributed by atoms with E-state index < -0.39 is 0 Å². The maximum absolute atomic E-state index is 11.8. The Balaban J connectivity index is 2.16. The number of unbranched alkanes of at least 4 members (excludes halogenated alkanes) is 8. The highest BCUT2D eigenvalue weighted by Crippen LogP contribution is 2.37. The third-order valence-corrected chi connectivity index (χ3v) is 8.45. The summed E-state index contributed by atoms with van der Waals surface area (Å²) in [5, 5.41) is 0. The number of carbonyl (C=O) groups is 2. The van der Waals surface area contributed by atoms with Gasteiger partial charge in [0.1, 0.15) is 11.5 Å². The fourth-order valence-electron chi connectivity index (χ4n) is 5.13. The van der Waals surface area contributed by atoms with Crippen molar-refractivity contribution in [1.29, 1.82) is 0 Å². The zero-order chi connectivity index (χ0) is 28.3. The maximum Gasteiger partial charge on any atom is 0.308 e. The van der Waals surface area contributed by atoms with Crippen molar-refractivity contribution in [1.82, 2.24) is 0 Å². The Morgan fingerprint density at radius 2 is 1.00 bits per heavy atom. The van der Waals surface area contributed by atoms with Crippen molar-refractivity contribution < 1.29 is 19.1 Å². The summed E-state index contributed by atoms with van der Waals surface area (Å²) in [7, 11) is 0. The van der Waals surface area contributed by atoms with Crippen LogP contribution < -0.4 is 9.47 Å². The van der Waals surface area contributed by atoms with E-state index in [-0.39, 0.29) is 11.9 Å². The quantitative estimate of drug-likeness (QED) is 0.0926. The molecule has 0 N–H and O–H groups in total. The third kappa shape index (κ3) is 13.1. The van der Waals surface area contributed by atoms with Gasteiger partial charge < -0.3 is 9.47 Å². The molecule has 0 bridgehead atoms. The van der Waals surface area contributed by atoms with E-state index in [9.17, 15) is 9.59 Å². The topological polar surface area (TPSA) is 52.6 Å². The molecule has 2 aromatic carbocycles. The SMILES string of the molecule is CCCCCCCC(CSCC(CCCCCCC)c1ccccc1OC(C)=O)c1ccccc1OC(C)=O. The van der Waals surface area contributed by atoms with Gasteiger partial charge >= 0.3 is 11.9 Å². The van der Waals surface area contributed by atoms with E-state index in [1.165, 1.54) is 78.1 Å². The van der Waals surface area contributed by atoms with Crippen molar-refractivity contribution in [2.45, 2.75) is 117 Å². The first-order valence-corrected chi connectivity index (χ1v) is 16.2. The number of thioether (sulfide) groups is 1. The summed E-state index contributed by atoms with van der Waals surface area (Å²) in [5.41, 5.74) is 2.26. The smallest absolute Gasteiger partial charge is 0.308 e. The first-order chi connectivity index (χ1) is 19.0. The molecule has 0 aliphatic rings. The predicted octanol–water partition coefficient (Wildman–Crippen LogP) is 9.86. The largest absolute Gasteiger partial charge is 0.426 e. The summed E-state index contributed by atoms with van der Waals surface area (Å²) in [5.74, 6) is 3.40. The van der Waals surface area contributed by atoms with E-state index in [0.717, 1.165) is 35.5 Å². The van der Waals surface area contributed by atoms with Gasteiger partial charge in [-0.05, 0) is 47.9 Å². The second-order valence-electron chi connectivity index (χ2n) is 10.6. The molecule has 0 aromatic heterocycles. The van der Waals surface area contributed by atoms with Gasteiger partial charge in [-0.3, -0.25) is 9.59 Å². The Labute approximate surface area is 241 Å². The van der Waals surface area contributed by atoms with E-state index >= 15 is 0 Å². The maximum atomic E-state index is 11.8. The number of ether oxygens (including phenoxy) is 2. The van der Waals surface area contributed by atoms with E-state index in [2.05, 4.69) is 26.0 Å². The summed E-state index contributed by atoms with van der Waals surface area (Å²) >= 11 is 1.97. The normalized spacial score (nSPS) is 12.6. The molecular formula is C34H50O4S. The molecule has 2 atom stereocenters.